The summed E-state index contributed by atoms with van der Waals surface area (Å²) in [5, 5.41) is 26.0. The zero-order valence-electron chi connectivity index (χ0n) is 11.2. The van der Waals surface area contributed by atoms with Gasteiger partial charge in [0.2, 0.25) is 0 Å². The first-order chi connectivity index (χ1) is 9.84. The summed E-state index contributed by atoms with van der Waals surface area (Å²) in [7, 11) is 2.39. The van der Waals surface area contributed by atoms with Crippen LogP contribution in [0.25, 0.3) is 0 Å². The van der Waals surface area contributed by atoms with Crippen LogP contribution < -0.4 is 16.6 Å². The molecule has 0 bridgehead atoms. The molecule has 0 rings (SSSR count). The predicted octanol–water partition coefficient (Wildman–Crippen LogP) is -0.808. The maximum absolute atomic E-state index is 11.0. The van der Waals surface area contributed by atoms with Crippen molar-refractivity contribution in [2.75, 3.05) is 18.1 Å². The van der Waals surface area contributed by atoms with E-state index >= 15 is 0 Å². The maximum Gasteiger partial charge on any atom is 0.322 e. The molecule has 21 heavy (non-hydrogen) atoms. The van der Waals surface area contributed by atoms with Crippen molar-refractivity contribution in [3.8, 4) is 0 Å². The summed E-state index contributed by atoms with van der Waals surface area (Å²) in [6, 6.07) is -1.85. The Morgan fingerprint density at radius 1 is 1.05 bits per heavy atom. The van der Waals surface area contributed by atoms with Crippen molar-refractivity contribution in [1.29, 1.82) is 0 Å². The van der Waals surface area contributed by atoms with Crippen molar-refractivity contribution in [2.24, 2.45) is 5.73 Å². The third kappa shape index (κ3) is 11.3. The molecule has 0 heterocycles. The Bertz CT molecular complexity index is 358. The molecule has 0 amide bonds. The van der Waals surface area contributed by atoms with Gasteiger partial charge in [-0.25, -0.2) is 5.43 Å². The Balaban J connectivity index is 3.80. The second kappa shape index (κ2) is 11.6. The first-order valence-electron chi connectivity index (χ1n) is 6.00. The van der Waals surface area contributed by atoms with E-state index in [1.54, 1.807) is 0 Å². The van der Waals surface area contributed by atoms with Crippen LogP contribution in [0.3, 0.4) is 0 Å². The summed E-state index contributed by atoms with van der Waals surface area (Å²) in [5.41, 5.74) is 10.5. The van der Waals surface area contributed by atoms with E-state index in [-0.39, 0.29) is 17.9 Å². The fourth-order valence-electron chi connectivity index (χ4n) is 1.01. The van der Waals surface area contributed by atoms with Crippen LogP contribution in [0.2, 0.25) is 0 Å². The number of nitrogens with two attached hydrogens (primary N) is 1. The van der Waals surface area contributed by atoms with Crippen LogP contribution in [-0.2, 0) is 14.4 Å². The van der Waals surface area contributed by atoms with Crippen molar-refractivity contribution in [3.63, 3.8) is 0 Å². The van der Waals surface area contributed by atoms with Crippen LogP contribution in [0.4, 0.5) is 0 Å². The number of carbonyl (C=O) groups is 3. The molecule has 0 aromatic carbocycles. The summed E-state index contributed by atoms with van der Waals surface area (Å²) in [6.07, 6.45) is 0.383. The van der Waals surface area contributed by atoms with E-state index in [4.69, 9.17) is 21.1 Å². The lowest BCUT2D eigenvalue weighted by Gasteiger charge is -2.14. The fraction of sp³-hybridized carbons (Fsp3) is 0.700. The maximum atomic E-state index is 11.0. The van der Waals surface area contributed by atoms with Gasteiger partial charge >= 0.3 is 17.9 Å². The van der Waals surface area contributed by atoms with Gasteiger partial charge in [-0.15, -0.1) is 0 Å². The summed E-state index contributed by atoms with van der Waals surface area (Å²) in [4.78, 5) is 31.7. The lowest BCUT2D eigenvalue weighted by Crippen LogP contribution is -2.47. The van der Waals surface area contributed by atoms with Gasteiger partial charge in [-0.2, -0.15) is 0 Å². The average molecular weight is 341 g/mol. The van der Waals surface area contributed by atoms with Gasteiger partial charge in [0.15, 0.2) is 0 Å². The standard InChI is InChI=1S/C10H19N3O6S2/c11-6(9(16)17)4-20-21-5-7(10(18)19)13-12-3-1-2-8(14)15/h6-7,12-13H,1-5,11H2,(H,14,15)(H,16,17)(H,18,19)/t6?,7-/m0/s1. The van der Waals surface area contributed by atoms with Crippen molar-refractivity contribution < 1.29 is 29.7 Å². The van der Waals surface area contributed by atoms with Crippen LogP contribution in [0.1, 0.15) is 12.8 Å². The SMILES string of the molecule is NC(CSSC[C@H](NNCCCC(=O)O)C(=O)O)C(=O)O. The van der Waals surface area contributed by atoms with Gasteiger partial charge in [0, 0.05) is 24.5 Å². The molecular weight excluding hydrogens is 322 g/mol. The molecule has 0 spiro atoms. The van der Waals surface area contributed by atoms with E-state index in [2.05, 4.69) is 10.9 Å². The molecule has 0 aromatic heterocycles. The first kappa shape index (κ1) is 20.0. The summed E-state index contributed by atoms with van der Waals surface area (Å²) < 4.78 is 0. The monoisotopic (exact) mass is 341 g/mol. The van der Waals surface area contributed by atoms with Gasteiger partial charge < -0.3 is 21.1 Å². The van der Waals surface area contributed by atoms with Crippen molar-refractivity contribution >= 4 is 39.5 Å². The number of hydrazine groups is 1. The Morgan fingerprint density at radius 3 is 2.19 bits per heavy atom. The predicted molar refractivity (Wildman–Crippen MR) is 80.0 cm³/mol. The van der Waals surface area contributed by atoms with Gasteiger partial charge in [-0.05, 0) is 6.42 Å². The average Bonchev–Trinajstić information content (AvgIpc) is 2.39. The minimum atomic E-state index is -1.10. The number of carboxylic acid groups (broad SMARTS) is 3. The van der Waals surface area contributed by atoms with E-state index in [0.29, 0.717) is 13.0 Å². The lowest BCUT2D eigenvalue weighted by atomic mass is 10.3. The van der Waals surface area contributed by atoms with E-state index in [9.17, 15) is 14.4 Å². The molecule has 1 unspecified atom stereocenters. The van der Waals surface area contributed by atoms with Crippen LogP contribution in [0, 0.1) is 0 Å². The highest BCUT2D eigenvalue weighted by Gasteiger charge is 2.18. The van der Waals surface area contributed by atoms with Gasteiger partial charge in [-0.1, -0.05) is 21.6 Å². The van der Waals surface area contributed by atoms with Crippen LogP contribution >= 0.6 is 21.6 Å². The molecule has 122 valence electrons. The van der Waals surface area contributed by atoms with Gasteiger partial charge in [0.25, 0.3) is 0 Å². The zero-order chi connectivity index (χ0) is 16.3. The number of carboxylic acids is 3. The number of nitrogens with one attached hydrogen (secondary N) is 2. The molecule has 0 fully saturated rings. The molecule has 11 heteroatoms. The Hall–Kier alpha value is -1.01. The molecule has 0 aliphatic carbocycles. The molecule has 0 radical (unpaired) electrons. The minimum Gasteiger partial charge on any atom is -0.481 e. The molecule has 0 saturated heterocycles. The number of hydrogen-bond donors (Lipinski definition) is 6. The molecule has 7 N–H and O–H groups in total. The normalized spacial score (nSPS) is 13.6. The Morgan fingerprint density at radius 2 is 1.67 bits per heavy atom. The van der Waals surface area contributed by atoms with E-state index in [1.807, 2.05) is 0 Å². The highest BCUT2D eigenvalue weighted by molar-refractivity contribution is 8.76. The summed E-state index contributed by atoms with van der Waals surface area (Å²) >= 11 is 0. The molecule has 9 nitrogen and oxygen atoms in total. The molecular formula is C10H19N3O6S2. The molecule has 2 atom stereocenters. The van der Waals surface area contributed by atoms with E-state index < -0.39 is 30.0 Å². The molecule has 0 aliphatic rings. The molecule has 0 aliphatic heterocycles. The van der Waals surface area contributed by atoms with E-state index in [1.165, 1.54) is 21.6 Å². The topological polar surface area (TPSA) is 162 Å². The second-order valence-electron chi connectivity index (χ2n) is 3.97. The highest BCUT2D eigenvalue weighted by Crippen LogP contribution is 2.22. The lowest BCUT2D eigenvalue weighted by molar-refractivity contribution is -0.139. The number of rotatable bonds is 13. The smallest absolute Gasteiger partial charge is 0.322 e. The first-order valence-corrected chi connectivity index (χ1v) is 8.49. The van der Waals surface area contributed by atoms with Crippen LogP contribution in [-0.4, -0.2) is 63.4 Å². The minimum absolute atomic E-state index is 0.00406. The summed E-state index contributed by atoms with van der Waals surface area (Å²) in [5.74, 6) is -2.68. The van der Waals surface area contributed by atoms with Gasteiger partial charge in [-0.3, -0.25) is 19.8 Å². The quantitative estimate of drug-likeness (QED) is 0.141. The summed E-state index contributed by atoms with van der Waals surface area (Å²) in [6.45, 7) is 0.331. The molecule has 0 saturated carbocycles. The molecule has 0 aromatic rings. The second-order valence-corrected chi connectivity index (χ2v) is 6.53. The van der Waals surface area contributed by atoms with Crippen LogP contribution in [0.5, 0.6) is 0 Å². The van der Waals surface area contributed by atoms with Crippen molar-refractivity contribution in [2.45, 2.75) is 24.9 Å². The van der Waals surface area contributed by atoms with Gasteiger partial charge in [0.05, 0.1) is 0 Å². The van der Waals surface area contributed by atoms with Crippen LogP contribution in [0.15, 0.2) is 0 Å². The number of aliphatic carboxylic acids is 3. The van der Waals surface area contributed by atoms with Crippen molar-refractivity contribution in [1.82, 2.24) is 10.9 Å². The Labute approximate surface area is 129 Å². The van der Waals surface area contributed by atoms with Gasteiger partial charge in [0.1, 0.15) is 12.1 Å². The third-order valence-electron chi connectivity index (χ3n) is 2.15. The largest absolute Gasteiger partial charge is 0.481 e. The fourth-order valence-corrected chi connectivity index (χ4v) is 3.28. The van der Waals surface area contributed by atoms with E-state index in [0.717, 1.165) is 0 Å². The zero-order valence-corrected chi connectivity index (χ0v) is 12.8. The third-order valence-corrected chi connectivity index (χ3v) is 4.60. The number of hydrogen-bond acceptors (Lipinski definition) is 8. The highest BCUT2D eigenvalue weighted by atomic mass is 33.1. The Kier molecular flexibility index (Phi) is 11.1. The van der Waals surface area contributed by atoms with Crippen molar-refractivity contribution in [3.05, 3.63) is 0 Å².